The first-order valence-electron chi connectivity index (χ1n) is 6.01. The molecule has 3 nitrogen and oxygen atoms in total. The van der Waals surface area contributed by atoms with Crippen LogP contribution in [0.5, 0.6) is 0 Å². The van der Waals surface area contributed by atoms with E-state index in [1.807, 2.05) is 24.6 Å². The van der Waals surface area contributed by atoms with Gasteiger partial charge in [-0.2, -0.15) is 5.10 Å². The second kappa shape index (κ2) is 5.55. The average molecular weight is 328 g/mol. The monoisotopic (exact) mass is 327 g/mol. The zero-order chi connectivity index (χ0) is 13.3. The number of hydrogen-bond acceptors (Lipinski definition) is 3. The maximum Gasteiger partial charge on any atom is 0.0851 e. The lowest BCUT2D eigenvalue weighted by Gasteiger charge is -2.19. The molecule has 2 aromatic rings. The lowest BCUT2D eigenvalue weighted by atomic mass is 10.1. The summed E-state index contributed by atoms with van der Waals surface area (Å²) in [6, 6.07) is 4.88. The summed E-state index contributed by atoms with van der Waals surface area (Å²) in [6.45, 7) is 6.43. The van der Waals surface area contributed by atoms with Crippen LogP contribution in [0.1, 0.15) is 41.4 Å². The van der Waals surface area contributed by atoms with Gasteiger partial charge in [-0.15, -0.1) is 11.3 Å². The molecule has 0 aliphatic carbocycles. The summed E-state index contributed by atoms with van der Waals surface area (Å²) in [6.07, 6.45) is 1.88. The van der Waals surface area contributed by atoms with Gasteiger partial charge in [-0.1, -0.05) is 0 Å². The number of aryl methyl sites for hydroxylation is 1. The van der Waals surface area contributed by atoms with Crippen molar-refractivity contribution in [3.8, 4) is 0 Å². The lowest BCUT2D eigenvalue weighted by Crippen LogP contribution is -2.22. The molecule has 0 saturated heterocycles. The number of thiophene rings is 1. The van der Waals surface area contributed by atoms with E-state index in [1.165, 1.54) is 15.4 Å². The van der Waals surface area contributed by atoms with Crippen LogP contribution < -0.4 is 5.32 Å². The summed E-state index contributed by atoms with van der Waals surface area (Å²) >= 11 is 5.44. The van der Waals surface area contributed by atoms with Crippen molar-refractivity contribution >= 4 is 27.3 Å². The molecule has 0 fully saturated rings. The molecule has 1 unspecified atom stereocenters. The van der Waals surface area contributed by atoms with Crippen molar-refractivity contribution in [3.63, 3.8) is 0 Å². The number of aromatic nitrogens is 2. The van der Waals surface area contributed by atoms with Gasteiger partial charge in [0.25, 0.3) is 0 Å². The van der Waals surface area contributed by atoms with Crippen LogP contribution in [0.2, 0.25) is 0 Å². The van der Waals surface area contributed by atoms with Crippen LogP contribution in [0, 0.1) is 6.92 Å². The predicted molar refractivity (Wildman–Crippen MR) is 80.3 cm³/mol. The van der Waals surface area contributed by atoms with E-state index in [2.05, 4.69) is 63.9 Å². The zero-order valence-corrected chi connectivity index (χ0v) is 13.5. The fourth-order valence-electron chi connectivity index (χ4n) is 2.05. The Morgan fingerprint density at radius 2 is 2.11 bits per heavy atom. The van der Waals surface area contributed by atoms with Gasteiger partial charge in [-0.05, 0) is 55.9 Å². The third-order valence-electron chi connectivity index (χ3n) is 2.88. The van der Waals surface area contributed by atoms with Gasteiger partial charge >= 0.3 is 0 Å². The van der Waals surface area contributed by atoms with E-state index in [0.717, 1.165) is 4.47 Å². The van der Waals surface area contributed by atoms with E-state index in [1.54, 1.807) is 0 Å². The Balaban J connectivity index is 2.47. The number of nitrogens with zero attached hydrogens (tertiary/aromatic N) is 2. The van der Waals surface area contributed by atoms with E-state index in [-0.39, 0.29) is 6.04 Å². The molecular weight excluding hydrogens is 310 g/mol. The van der Waals surface area contributed by atoms with Crippen LogP contribution in [-0.4, -0.2) is 16.8 Å². The lowest BCUT2D eigenvalue weighted by molar-refractivity contribution is 0.485. The Hall–Kier alpha value is -0.650. The minimum atomic E-state index is 0.183. The van der Waals surface area contributed by atoms with E-state index in [9.17, 15) is 0 Å². The number of halogens is 1. The summed E-state index contributed by atoms with van der Waals surface area (Å²) in [7, 11) is 1.99. The topological polar surface area (TPSA) is 29.9 Å². The van der Waals surface area contributed by atoms with Crippen molar-refractivity contribution in [2.24, 2.45) is 0 Å². The standard InChI is InChI=1S/C13H18BrN3S/c1-8(2)17-13(10(14)7-16-17)12(15-4)11-6-5-9(3)18-11/h5-8,12,15H,1-4H3. The van der Waals surface area contributed by atoms with Crippen molar-refractivity contribution in [2.75, 3.05) is 7.05 Å². The van der Waals surface area contributed by atoms with Crippen molar-refractivity contribution in [1.29, 1.82) is 0 Å². The van der Waals surface area contributed by atoms with E-state index < -0.39 is 0 Å². The largest absolute Gasteiger partial charge is 0.307 e. The van der Waals surface area contributed by atoms with Crippen LogP contribution in [0.4, 0.5) is 0 Å². The Morgan fingerprint density at radius 1 is 1.39 bits per heavy atom. The molecule has 1 atom stereocenters. The molecular formula is C13H18BrN3S. The third kappa shape index (κ3) is 2.53. The minimum absolute atomic E-state index is 0.183. The third-order valence-corrected chi connectivity index (χ3v) is 4.56. The Bertz CT molecular complexity index is 530. The van der Waals surface area contributed by atoms with Crippen LogP contribution >= 0.6 is 27.3 Å². The maximum absolute atomic E-state index is 4.45. The predicted octanol–water partition coefficient (Wildman–Crippen LogP) is 3.91. The van der Waals surface area contributed by atoms with Gasteiger partial charge in [-0.25, -0.2) is 0 Å². The summed E-state index contributed by atoms with van der Waals surface area (Å²) in [5, 5.41) is 7.84. The second-order valence-corrected chi connectivity index (χ2v) is 6.76. The summed E-state index contributed by atoms with van der Waals surface area (Å²) < 4.78 is 3.13. The molecule has 98 valence electrons. The van der Waals surface area contributed by atoms with Gasteiger partial charge in [0, 0.05) is 15.8 Å². The fraction of sp³-hybridized carbons (Fsp3) is 0.462. The normalized spacial score (nSPS) is 13.2. The molecule has 2 heterocycles. The van der Waals surface area contributed by atoms with Gasteiger partial charge in [0.1, 0.15) is 0 Å². The highest BCUT2D eigenvalue weighted by Gasteiger charge is 2.22. The SMILES string of the molecule is CNC(c1ccc(C)s1)c1c(Br)cnn1C(C)C. The molecule has 0 radical (unpaired) electrons. The van der Waals surface area contributed by atoms with Crippen LogP contribution in [0.3, 0.4) is 0 Å². The zero-order valence-electron chi connectivity index (χ0n) is 11.1. The van der Waals surface area contributed by atoms with Gasteiger partial charge < -0.3 is 5.32 Å². The molecule has 1 N–H and O–H groups in total. The molecule has 0 saturated carbocycles. The first kappa shape index (κ1) is 13.8. The molecule has 0 aromatic carbocycles. The van der Waals surface area contributed by atoms with Crippen molar-refractivity contribution in [3.05, 3.63) is 38.3 Å². The van der Waals surface area contributed by atoms with Crippen LogP contribution in [-0.2, 0) is 0 Å². The van der Waals surface area contributed by atoms with Crippen molar-refractivity contribution in [1.82, 2.24) is 15.1 Å². The highest BCUT2D eigenvalue weighted by molar-refractivity contribution is 9.10. The highest BCUT2D eigenvalue weighted by atomic mass is 79.9. The van der Waals surface area contributed by atoms with E-state index in [4.69, 9.17) is 0 Å². The first-order valence-corrected chi connectivity index (χ1v) is 7.62. The van der Waals surface area contributed by atoms with Gasteiger partial charge in [0.15, 0.2) is 0 Å². The van der Waals surface area contributed by atoms with Crippen molar-refractivity contribution < 1.29 is 0 Å². The molecule has 0 bridgehead atoms. The quantitative estimate of drug-likeness (QED) is 0.922. The minimum Gasteiger partial charge on any atom is -0.307 e. The van der Waals surface area contributed by atoms with Gasteiger partial charge in [0.05, 0.1) is 22.4 Å². The highest BCUT2D eigenvalue weighted by Crippen LogP contribution is 2.33. The fourth-order valence-corrected chi connectivity index (χ4v) is 3.55. The molecule has 0 spiro atoms. The van der Waals surface area contributed by atoms with Crippen LogP contribution in [0.15, 0.2) is 22.8 Å². The smallest absolute Gasteiger partial charge is 0.0851 e. The molecule has 2 rings (SSSR count). The number of nitrogens with one attached hydrogen (secondary N) is 1. The Morgan fingerprint density at radius 3 is 2.61 bits per heavy atom. The van der Waals surface area contributed by atoms with E-state index >= 15 is 0 Å². The number of rotatable bonds is 4. The Kier molecular flexibility index (Phi) is 4.25. The molecule has 0 aliphatic rings. The first-order chi connectivity index (χ1) is 8.54. The molecule has 2 aromatic heterocycles. The second-order valence-electron chi connectivity index (χ2n) is 4.59. The van der Waals surface area contributed by atoms with Crippen LogP contribution in [0.25, 0.3) is 0 Å². The van der Waals surface area contributed by atoms with E-state index in [0.29, 0.717) is 6.04 Å². The van der Waals surface area contributed by atoms with Gasteiger partial charge in [-0.3, -0.25) is 4.68 Å². The Labute approximate surface area is 120 Å². The van der Waals surface area contributed by atoms with Crippen molar-refractivity contribution in [2.45, 2.75) is 32.9 Å². The maximum atomic E-state index is 4.45. The average Bonchev–Trinajstić information content (AvgIpc) is 2.88. The molecule has 5 heteroatoms. The summed E-state index contributed by atoms with van der Waals surface area (Å²) in [5.74, 6) is 0. The summed E-state index contributed by atoms with van der Waals surface area (Å²) in [4.78, 5) is 2.65. The molecule has 18 heavy (non-hydrogen) atoms. The number of hydrogen-bond donors (Lipinski definition) is 1. The summed E-state index contributed by atoms with van der Waals surface area (Å²) in [5.41, 5.74) is 1.19. The molecule has 0 aliphatic heterocycles. The van der Waals surface area contributed by atoms with Gasteiger partial charge in [0.2, 0.25) is 0 Å². The molecule has 0 amide bonds.